The summed E-state index contributed by atoms with van der Waals surface area (Å²) < 4.78 is 28.6. The summed E-state index contributed by atoms with van der Waals surface area (Å²) in [6, 6.07) is 10.4. The lowest BCUT2D eigenvalue weighted by Gasteiger charge is -2.17. The molecule has 0 spiro atoms. The van der Waals surface area contributed by atoms with Crippen LogP contribution in [0.15, 0.2) is 45.8 Å². The minimum atomic E-state index is -0.840. The highest BCUT2D eigenvalue weighted by atomic mass is 79.9. The maximum absolute atomic E-state index is 14.0. The lowest BCUT2D eigenvalue weighted by Crippen LogP contribution is -2.30. The van der Waals surface area contributed by atoms with E-state index in [1.807, 2.05) is 24.3 Å². The molecule has 2 nitrogen and oxygen atoms in total. The number of hydrazine groups is 1. The summed E-state index contributed by atoms with van der Waals surface area (Å²) in [5.74, 6) is 4.33. The van der Waals surface area contributed by atoms with Crippen molar-refractivity contribution in [2.24, 2.45) is 5.84 Å². The summed E-state index contributed by atoms with van der Waals surface area (Å²) in [5.41, 5.74) is 3.07. The Kier molecular flexibility index (Phi) is 5.75. The van der Waals surface area contributed by atoms with Gasteiger partial charge < -0.3 is 0 Å². The Hall–Kier alpha value is -0.950. The fourth-order valence-corrected chi connectivity index (χ4v) is 3.46. The number of halogens is 3. The van der Waals surface area contributed by atoms with Gasteiger partial charge in [-0.05, 0) is 30.7 Å². The lowest BCUT2D eigenvalue weighted by atomic mass is 10.1. The Labute approximate surface area is 135 Å². The van der Waals surface area contributed by atoms with Crippen LogP contribution in [0.3, 0.4) is 0 Å². The minimum Gasteiger partial charge on any atom is -0.271 e. The molecule has 2 aromatic rings. The number of nitrogens with one attached hydrogen (secondary N) is 1. The molecule has 2 rings (SSSR count). The van der Waals surface area contributed by atoms with Gasteiger partial charge in [-0.1, -0.05) is 34.1 Å². The maximum atomic E-state index is 14.0. The van der Waals surface area contributed by atoms with E-state index >= 15 is 0 Å². The molecular formula is C15H15BrF2N2S. The van der Waals surface area contributed by atoms with Crippen molar-refractivity contribution in [2.75, 3.05) is 5.75 Å². The number of aryl methyl sites for hydroxylation is 1. The van der Waals surface area contributed by atoms with Crippen molar-refractivity contribution in [2.45, 2.75) is 17.9 Å². The molecule has 0 bridgehead atoms. The van der Waals surface area contributed by atoms with Gasteiger partial charge in [-0.15, -0.1) is 11.8 Å². The predicted octanol–water partition coefficient (Wildman–Crippen LogP) is 4.33. The highest BCUT2D eigenvalue weighted by Gasteiger charge is 2.19. The van der Waals surface area contributed by atoms with Gasteiger partial charge in [-0.2, -0.15) is 0 Å². The van der Waals surface area contributed by atoms with Gasteiger partial charge in [0.15, 0.2) is 11.6 Å². The molecule has 0 aromatic heterocycles. The first-order valence-electron chi connectivity index (χ1n) is 6.32. The molecular weight excluding hydrogens is 358 g/mol. The molecule has 6 heteroatoms. The number of hydrogen-bond acceptors (Lipinski definition) is 3. The summed E-state index contributed by atoms with van der Waals surface area (Å²) in [6.07, 6.45) is 0. The van der Waals surface area contributed by atoms with Crippen molar-refractivity contribution in [1.82, 2.24) is 5.43 Å². The molecule has 3 N–H and O–H groups in total. The maximum Gasteiger partial charge on any atom is 0.163 e. The Bertz CT molecular complexity index is 637. The van der Waals surface area contributed by atoms with Crippen molar-refractivity contribution < 1.29 is 8.78 Å². The molecule has 0 radical (unpaired) electrons. The third-order valence-corrected chi connectivity index (χ3v) is 4.68. The lowest BCUT2D eigenvalue weighted by molar-refractivity contribution is 0.474. The Morgan fingerprint density at radius 3 is 2.67 bits per heavy atom. The highest BCUT2D eigenvalue weighted by Crippen LogP contribution is 2.28. The van der Waals surface area contributed by atoms with Crippen LogP contribution in [0.1, 0.15) is 17.2 Å². The van der Waals surface area contributed by atoms with Gasteiger partial charge in [0.25, 0.3) is 0 Å². The quantitative estimate of drug-likeness (QED) is 0.465. The zero-order valence-corrected chi connectivity index (χ0v) is 13.8. The Morgan fingerprint density at radius 2 is 2.00 bits per heavy atom. The van der Waals surface area contributed by atoms with E-state index in [0.717, 1.165) is 9.37 Å². The van der Waals surface area contributed by atoms with Gasteiger partial charge in [0.1, 0.15) is 0 Å². The van der Waals surface area contributed by atoms with Gasteiger partial charge in [0, 0.05) is 20.7 Å². The molecule has 0 saturated carbocycles. The van der Waals surface area contributed by atoms with Gasteiger partial charge in [0.2, 0.25) is 0 Å². The monoisotopic (exact) mass is 372 g/mol. The molecule has 0 heterocycles. The molecule has 0 aliphatic carbocycles. The Morgan fingerprint density at radius 1 is 1.24 bits per heavy atom. The van der Waals surface area contributed by atoms with Crippen LogP contribution in [-0.2, 0) is 0 Å². The average molecular weight is 373 g/mol. The van der Waals surface area contributed by atoms with E-state index in [2.05, 4.69) is 21.4 Å². The van der Waals surface area contributed by atoms with E-state index in [9.17, 15) is 8.78 Å². The zero-order chi connectivity index (χ0) is 15.4. The van der Waals surface area contributed by atoms with Gasteiger partial charge in [-0.25, -0.2) is 8.78 Å². The third kappa shape index (κ3) is 4.03. The van der Waals surface area contributed by atoms with Crippen LogP contribution in [0.25, 0.3) is 0 Å². The van der Waals surface area contributed by atoms with Gasteiger partial charge in [0.05, 0.1) is 6.04 Å². The van der Waals surface area contributed by atoms with E-state index in [4.69, 9.17) is 5.84 Å². The van der Waals surface area contributed by atoms with Crippen molar-refractivity contribution in [3.8, 4) is 0 Å². The Balaban J connectivity index is 2.15. The topological polar surface area (TPSA) is 38.0 Å². The summed E-state index contributed by atoms with van der Waals surface area (Å²) in [5, 5.41) is 0. The fraction of sp³-hybridized carbons (Fsp3) is 0.200. The van der Waals surface area contributed by atoms with Crippen molar-refractivity contribution >= 4 is 27.7 Å². The largest absolute Gasteiger partial charge is 0.271 e. The van der Waals surface area contributed by atoms with Crippen LogP contribution in [0.2, 0.25) is 0 Å². The first-order chi connectivity index (χ1) is 10.0. The second-order valence-corrected chi connectivity index (χ2v) is 6.60. The van der Waals surface area contributed by atoms with Crippen LogP contribution in [-0.4, -0.2) is 5.75 Å². The molecule has 0 fully saturated rings. The highest BCUT2D eigenvalue weighted by molar-refractivity contribution is 9.10. The number of hydrogen-bond donors (Lipinski definition) is 2. The van der Waals surface area contributed by atoms with E-state index in [1.54, 1.807) is 12.1 Å². The summed E-state index contributed by atoms with van der Waals surface area (Å²) in [6.45, 7) is 1.53. The van der Waals surface area contributed by atoms with Crippen LogP contribution in [0.5, 0.6) is 0 Å². The standard InChI is InChI=1S/C15H15BrF2N2S/c1-9-5-6-12(15(18)14(9)17)13(20-19)8-21-11-4-2-3-10(16)7-11/h2-7,13,20H,8,19H2,1H3. The van der Waals surface area contributed by atoms with Crippen LogP contribution >= 0.6 is 27.7 Å². The first kappa shape index (κ1) is 16.4. The summed E-state index contributed by atoms with van der Waals surface area (Å²) in [7, 11) is 0. The van der Waals surface area contributed by atoms with Gasteiger partial charge >= 0.3 is 0 Å². The third-order valence-electron chi connectivity index (χ3n) is 3.09. The average Bonchev–Trinajstić information content (AvgIpc) is 2.47. The number of rotatable bonds is 5. The molecule has 1 unspecified atom stereocenters. The second-order valence-electron chi connectivity index (χ2n) is 4.59. The van der Waals surface area contributed by atoms with Crippen molar-refractivity contribution in [1.29, 1.82) is 0 Å². The van der Waals surface area contributed by atoms with Crippen LogP contribution < -0.4 is 11.3 Å². The van der Waals surface area contributed by atoms with Crippen LogP contribution in [0, 0.1) is 18.6 Å². The first-order valence-corrected chi connectivity index (χ1v) is 8.09. The fourth-order valence-electron chi connectivity index (χ4n) is 1.89. The molecule has 21 heavy (non-hydrogen) atoms. The van der Waals surface area contributed by atoms with E-state index < -0.39 is 17.7 Å². The molecule has 112 valence electrons. The number of thioether (sulfide) groups is 1. The molecule has 0 aliphatic heterocycles. The van der Waals surface area contributed by atoms with E-state index in [1.165, 1.54) is 18.7 Å². The van der Waals surface area contributed by atoms with E-state index in [-0.39, 0.29) is 11.1 Å². The van der Waals surface area contributed by atoms with Crippen LogP contribution in [0.4, 0.5) is 8.78 Å². The smallest absolute Gasteiger partial charge is 0.163 e. The summed E-state index contributed by atoms with van der Waals surface area (Å²) >= 11 is 4.92. The zero-order valence-electron chi connectivity index (χ0n) is 11.4. The van der Waals surface area contributed by atoms with Crippen molar-refractivity contribution in [3.63, 3.8) is 0 Å². The predicted molar refractivity (Wildman–Crippen MR) is 86.0 cm³/mol. The molecule has 2 aromatic carbocycles. The SMILES string of the molecule is Cc1ccc(C(CSc2cccc(Br)c2)NN)c(F)c1F. The van der Waals surface area contributed by atoms with Gasteiger partial charge in [-0.3, -0.25) is 11.3 Å². The molecule has 0 aliphatic rings. The molecule has 0 amide bonds. The van der Waals surface area contributed by atoms with E-state index in [0.29, 0.717) is 5.75 Å². The molecule has 1 atom stereocenters. The minimum absolute atomic E-state index is 0.239. The summed E-state index contributed by atoms with van der Waals surface area (Å²) in [4.78, 5) is 1.03. The second kappa shape index (κ2) is 7.35. The molecule has 0 saturated heterocycles. The normalized spacial score (nSPS) is 12.4. The number of benzene rings is 2. The van der Waals surface area contributed by atoms with Crippen molar-refractivity contribution in [3.05, 3.63) is 63.6 Å². The number of nitrogens with two attached hydrogens (primary N) is 1.